The van der Waals surface area contributed by atoms with Crippen LogP contribution in [0.15, 0.2) is 48.9 Å². The number of halogens is 1. The van der Waals surface area contributed by atoms with Gasteiger partial charge in [-0.1, -0.05) is 17.7 Å². The predicted octanol–water partition coefficient (Wildman–Crippen LogP) is 4.11. The first-order valence-electron chi connectivity index (χ1n) is 9.17. The average Bonchev–Trinajstić information content (AvgIpc) is 3.39. The molecule has 0 amide bonds. The van der Waals surface area contributed by atoms with Crippen molar-refractivity contribution in [1.29, 1.82) is 0 Å². The Bertz CT molecular complexity index is 1410. The van der Waals surface area contributed by atoms with E-state index in [1.807, 2.05) is 47.7 Å². The first-order valence-corrected chi connectivity index (χ1v) is 9.55. The van der Waals surface area contributed by atoms with Crippen LogP contribution in [0.25, 0.3) is 33.8 Å². The number of ether oxygens (including phenoxy) is 2. The Kier molecular flexibility index (Phi) is 4.29. The molecule has 3 aromatic heterocycles. The number of hydrogen-bond donors (Lipinski definition) is 0. The van der Waals surface area contributed by atoms with Gasteiger partial charge in [-0.15, -0.1) is 10.2 Å². The maximum absolute atomic E-state index is 6.19. The van der Waals surface area contributed by atoms with Gasteiger partial charge >= 0.3 is 0 Å². The SMILES string of the molecule is COc1ccc(-c2nnc3c4cnn(-c5cc(Cl)ccc5C)c4ncn23)cc1OC. The summed E-state index contributed by atoms with van der Waals surface area (Å²) in [5, 5.41) is 14.7. The summed E-state index contributed by atoms with van der Waals surface area (Å²) in [7, 11) is 3.20. The van der Waals surface area contributed by atoms with Crippen molar-refractivity contribution in [3.8, 4) is 28.6 Å². The highest BCUT2D eigenvalue weighted by Crippen LogP contribution is 2.32. The Morgan fingerprint density at radius 2 is 1.77 bits per heavy atom. The normalized spacial score (nSPS) is 11.3. The standard InChI is InChI=1S/C21H17ClN6O2/c1-12-4-6-14(22)9-16(12)28-20-15(10-24-28)21-26-25-19(27(21)11-23-20)13-5-7-17(29-2)18(8-13)30-3/h4-11H,1-3H3. The third-order valence-electron chi connectivity index (χ3n) is 5.02. The molecule has 0 N–H and O–H groups in total. The average molecular weight is 421 g/mol. The van der Waals surface area contributed by atoms with Crippen LogP contribution in [0.2, 0.25) is 5.02 Å². The summed E-state index contributed by atoms with van der Waals surface area (Å²) in [5.41, 5.74) is 4.08. The van der Waals surface area contributed by atoms with Gasteiger partial charge in [0.1, 0.15) is 6.33 Å². The molecule has 0 aliphatic rings. The van der Waals surface area contributed by atoms with Crippen LogP contribution in [-0.2, 0) is 0 Å². The number of aromatic nitrogens is 6. The lowest BCUT2D eigenvalue weighted by Gasteiger charge is -2.09. The Labute approximate surface area is 176 Å². The van der Waals surface area contributed by atoms with Gasteiger partial charge in [-0.05, 0) is 42.8 Å². The molecule has 30 heavy (non-hydrogen) atoms. The van der Waals surface area contributed by atoms with Crippen molar-refractivity contribution >= 4 is 28.3 Å². The van der Waals surface area contributed by atoms with Crippen LogP contribution in [0.1, 0.15) is 5.56 Å². The molecule has 0 bridgehead atoms. The minimum atomic E-state index is 0.616. The van der Waals surface area contributed by atoms with E-state index in [0.29, 0.717) is 33.6 Å². The van der Waals surface area contributed by atoms with Gasteiger partial charge in [-0.2, -0.15) is 5.10 Å². The van der Waals surface area contributed by atoms with E-state index in [1.54, 1.807) is 31.4 Å². The maximum atomic E-state index is 6.19. The summed E-state index contributed by atoms with van der Waals surface area (Å²) in [5.74, 6) is 1.91. The van der Waals surface area contributed by atoms with Crippen LogP contribution in [0.3, 0.4) is 0 Å². The Balaban J connectivity index is 1.68. The van der Waals surface area contributed by atoms with Crippen LogP contribution >= 0.6 is 11.6 Å². The maximum Gasteiger partial charge on any atom is 0.175 e. The molecular weight excluding hydrogens is 404 g/mol. The van der Waals surface area contributed by atoms with Gasteiger partial charge in [0.05, 0.1) is 31.5 Å². The fourth-order valence-electron chi connectivity index (χ4n) is 3.48. The minimum absolute atomic E-state index is 0.616. The Hall–Kier alpha value is -3.65. The monoisotopic (exact) mass is 420 g/mol. The van der Waals surface area contributed by atoms with Crippen molar-refractivity contribution in [1.82, 2.24) is 29.4 Å². The summed E-state index contributed by atoms with van der Waals surface area (Å²) in [4.78, 5) is 4.64. The lowest BCUT2D eigenvalue weighted by Crippen LogP contribution is -2.01. The summed E-state index contributed by atoms with van der Waals surface area (Å²) >= 11 is 6.19. The topological polar surface area (TPSA) is 79.4 Å². The van der Waals surface area contributed by atoms with E-state index in [9.17, 15) is 0 Å². The van der Waals surface area contributed by atoms with Crippen molar-refractivity contribution < 1.29 is 9.47 Å². The van der Waals surface area contributed by atoms with Crippen molar-refractivity contribution in [2.24, 2.45) is 0 Å². The number of rotatable bonds is 4. The fraction of sp³-hybridized carbons (Fsp3) is 0.143. The first kappa shape index (κ1) is 18.4. The highest BCUT2D eigenvalue weighted by atomic mass is 35.5. The molecule has 0 saturated carbocycles. The quantitative estimate of drug-likeness (QED) is 0.435. The fourth-order valence-corrected chi connectivity index (χ4v) is 3.65. The third kappa shape index (κ3) is 2.76. The van der Waals surface area contributed by atoms with E-state index in [-0.39, 0.29) is 0 Å². The number of methoxy groups -OCH3 is 2. The van der Waals surface area contributed by atoms with E-state index in [0.717, 1.165) is 22.2 Å². The molecule has 0 saturated heterocycles. The number of fused-ring (bicyclic) bond motifs is 3. The summed E-state index contributed by atoms with van der Waals surface area (Å²) in [6.07, 6.45) is 3.44. The lowest BCUT2D eigenvalue weighted by atomic mass is 10.2. The molecule has 0 aliphatic carbocycles. The molecule has 9 heteroatoms. The molecule has 0 unspecified atom stereocenters. The number of aryl methyl sites for hydroxylation is 1. The minimum Gasteiger partial charge on any atom is -0.493 e. The second-order valence-electron chi connectivity index (χ2n) is 6.76. The molecule has 2 aromatic carbocycles. The molecule has 0 radical (unpaired) electrons. The first-order chi connectivity index (χ1) is 14.6. The molecule has 0 fully saturated rings. The van der Waals surface area contributed by atoms with Gasteiger partial charge < -0.3 is 9.47 Å². The van der Waals surface area contributed by atoms with Gasteiger partial charge in [0.25, 0.3) is 0 Å². The molecular formula is C21H17ClN6O2. The number of nitrogens with zero attached hydrogens (tertiary/aromatic N) is 6. The number of hydrogen-bond acceptors (Lipinski definition) is 6. The Morgan fingerprint density at radius 1 is 0.933 bits per heavy atom. The molecule has 8 nitrogen and oxygen atoms in total. The van der Waals surface area contributed by atoms with Gasteiger partial charge in [0, 0.05) is 10.6 Å². The van der Waals surface area contributed by atoms with Gasteiger partial charge in [0.15, 0.2) is 28.6 Å². The van der Waals surface area contributed by atoms with Gasteiger partial charge in [-0.3, -0.25) is 4.40 Å². The molecule has 5 rings (SSSR count). The molecule has 150 valence electrons. The zero-order valence-corrected chi connectivity index (χ0v) is 17.3. The third-order valence-corrected chi connectivity index (χ3v) is 5.25. The van der Waals surface area contributed by atoms with E-state index in [1.165, 1.54) is 0 Å². The van der Waals surface area contributed by atoms with Gasteiger partial charge in [-0.25, -0.2) is 9.67 Å². The van der Waals surface area contributed by atoms with Crippen molar-refractivity contribution in [2.75, 3.05) is 14.2 Å². The lowest BCUT2D eigenvalue weighted by molar-refractivity contribution is 0.355. The van der Waals surface area contributed by atoms with Crippen LogP contribution in [0.5, 0.6) is 11.5 Å². The highest BCUT2D eigenvalue weighted by Gasteiger charge is 2.17. The van der Waals surface area contributed by atoms with Crippen molar-refractivity contribution in [2.45, 2.75) is 6.92 Å². The van der Waals surface area contributed by atoms with Gasteiger partial charge in [0.2, 0.25) is 0 Å². The largest absolute Gasteiger partial charge is 0.493 e. The van der Waals surface area contributed by atoms with Crippen molar-refractivity contribution in [3.63, 3.8) is 0 Å². The Morgan fingerprint density at radius 3 is 2.57 bits per heavy atom. The molecule has 0 atom stereocenters. The molecule has 0 aliphatic heterocycles. The second kappa shape index (κ2) is 7.00. The summed E-state index contributed by atoms with van der Waals surface area (Å²) in [6.45, 7) is 2.00. The van der Waals surface area contributed by atoms with E-state index in [2.05, 4.69) is 20.3 Å². The van der Waals surface area contributed by atoms with Crippen LogP contribution in [0, 0.1) is 6.92 Å². The molecule has 5 aromatic rings. The van der Waals surface area contributed by atoms with Crippen LogP contribution in [-0.4, -0.2) is 43.6 Å². The predicted molar refractivity (Wildman–Crippen MR) is 114 cm³/mol. The highest BCUT2D eigenvalue weighted by molar-refractivity contribution is 6.30. The van der Waals surface area contributed by atoms with E-state index >= 15 is 0 Å². The van der Waals surface area contributed by atoms with Crippen molar-refractivity contribution in [3.05, 3.63) is 59.5 Å². The zero-order chi connectivity index (χ0) is 20.8. The second-order valence-corrected chi connectivity index (χ2v) is 7.19. The van der Waals surface area contributed by atoms with E-state index in [4.69, 9.17) is 21.1 Å². The molecule has 0 spiro atoms. The number of benzene rings is 2. The van der Waals surface area contributed by atoms with E-state index < -0.39 is 0 Å². The van der Waals surface area contributed by atoms with Crippen LogP contribution < -0.4 is 9.47 Å². The smallest absolute Gasteiger partial charge is 0.175 e. The summed E-state index contributed by atoms with van der Waals surface area (Å²) in [6, 6.07) is 11.3. The molecule has 3 heterocycles. The zero-order valence-electron chi connectivity index (χ0n) is 16.5. The summed E-state index contributed by atoms with van der Waals surface area (Å²) < 4.78 is 14.3. The van der Waals surface area contributed by atoms with Crippen LogP contribution in [0.4, 0.5) is 0 Å².